The molecule has 0 radical (unpaired) electrons. The largest absolute Gasteiger partial charge is 0.406 e. The van der Waals surface area contributed by atoms with Gasteiger partial charge in [0, 0.05) is 19.1 Å². The number of hydrogen-bond donors (Lipinski definition) is 0. The molecule has 2 aliphatic heterocycles. The number of ether oxygens (including phenoxy) is 2. The number of carbonyl (C=O) groups excluding carboxylic acids is 1. The van der Waals surface area contributed by atoms with Crippen molar-refractivity contribution >= 4 is 41.1 Å². The SMILES string of the molecule is O=C1OC(C2CCOCC2)=N/C1=C/c1ccc(Cl)c(Cl)c1. The van der Waals surface area contributed by atoms with E-state index >= 15 is 0 Å². The first-order chi connectivity index (χ1) is 10.1. The molecule has 21 heavy (non-hydrogen) atoms. The highest BCUT2D eigenvalue weighted by Gasteiger charge is 2.30. The van der Waals surface area contributed by atoms with Gasteiger partial charge in [-0.3, -0.25) is 0 Å². The van der Waals surface area contributed by atoms with Crippen molar-refractivity contribution in [3.8, 4) is 0 Å². The Hall–Kier alpha value is -1.36. The summed E-state index contributed by atoms with van der Waals surface area (Å²) in [4.78, 5) is 16.2. The highest BCUT2D eigenvalue weighted by Crippen LogP contribution is 2.27. The van der Waals surface area contributed by atoms with Crippen molar-refractivity contribution in [1.82, 2.24) is 0 Å². The van der Waals surface area contributed by atoms with Crippen molar-refractivity contribution in [2.45, 2.75) is 12.8 Å². The number of halogens is 2. The lowest BCUT2D eigenvalue weighted by molar-refractivity contribution is -0.130. The molecule has 3 rings (SSSR count). The van der Waals surface area contributed by atoms with Crippen molar-refractivity contribution in [3.05, 3.63) is 39.5 Å². The third-order valence-corrected chi connectivity index (χ3v) is 4.19. The van der Waals surface area contributed by atoms with Crippen LogP contribution in [0.15, 0.2) is 28.9 Å². The van der Waals surface area contributed by atoms with Gasteiger partial charge in [0.2, 0.25) is 5.90 Å². The van der Waals surface area contributed by atoms with Crippen LogP contribution in [-0.2, 0) is 14.3 Å². The van der Waals surface area contributed by atoms with Crippen molar-refractivity contribution < 1.29 is 14.3 Å². The van der Waals surface area contributed by atoms with E-state index in [0.29, 0.717) is 29.2 Å². The van der Waals surface area contributed by atoms with Gasteiger partial charge in [0.05, 0.1) is 10.0 Å². The molecule has 0 aromatic heterocycles. The molecule has 0 spiro atoms. The van der Waals surface area contributed by atoms with Gasteiger partial charge in [-0.25, -0.2) is 9.79 Å². The molecule has 1 aromatic rings. The monoisotopic (exact) mass is 325 g/mol. The van der Waals surface area contributed by atoms with Crippen molar-refractivity contribution in [2.75, 3.05) is 13.2 Å². The molecule has 1 aromatic carbocycles. The lowest BCUT2D eigenvalue weighted by atomic mass is 10.0. The van der Waals surface area contributed by atoms with Crippen LogP contribution in [0.3, 0.4) is 0 Å². The molecular formula is C15H13Cl2NO3. The van der Waals surface area contributed by atoms with Crippen LogP contribution < -0.4 is 0 Å². The smallest absolute Gasteiger partial charge is 0.363 e. The van der Waals surface area contributed by atoms with E-state index in [1.807, 2.05) is 0 Å². The molecule has 6 heteroatoms. The Balaban J connectivity index is 1.83. The van der Waals surface area contributed by atoms with Gasteiger partial charge < -0.3 is 9.47 Å². The summed E-state index contributed by atoms with van der Waals surface area (Å²) in [5.74, 6) is 0.222. The predicted octanol–water partition coefficient (Wildman–Crippen LogP) is 3.72. The van der Waals surface area contributed by atoms with Gasteiger partial charge >= 0.3 is 5.97 Å². The molecule has 110 valence electrons. The van der Waals surface area contributed by atoms with E-state index in [2.05, 4.69) is 4.99 Å². The Kier molecular flexibility index (Phi) is 4.29. The molecule has 0 atom stereocenters. The lowest BCUT2D eigenvalue weighted by Gasteiger charge is -2.20. The van der Waals surface area contributed by atoms with Gasteiger partial charge in [-0.2, -0.15) is 0 Å². The van der Waals surface area contributed by atoms with E-state index in [9.17, 15) is 4.79 Å². The zero-order valence-corrected chi connectivity index (χ0v) is 12.7. The molecule has 4 nitrogen and oxygen atoms in total. The summed E-state index contributed by atoms with van der Waals surface area (Å²) in [6, 6.07) is 5.14. The fourth-order valence-electron chi connectivity index (χ4n) is 2.30. The molecule has 0 bridgehead atoms. The van der Waals surface area contributed by atoms with Gasteiger partial charge in [-0.1, -0.05) is 29.3 Å². The average molecular weight is 326 g/mol. The maximum atomic E-state index is 11.9. The predicted molar refractivity (Wildman–Crippen MR) is 81.5 cm³/mol. The molecule has 0 saturated carbocycles. The fraction of sp³-hybridized carbons (Fsp3) is 0.333. The maximum Gasteiger partial charge on any atom is 0.363 e. The van der Waals surface area contributed by atoms with Crippen LogP contribution >= 0.6 is 23.2 Å². The normalized spacial score (nSPS) is 21.5. The maximum absolute atomic E-state index is 11.9. The minimum absolute atomic E-state index is 0.155. The van der Waals surface area contributed by atoms with Crippen LogP contribution in [-0.4, -0.2) is 25.1 Å². The second-order valence-electron chi connectivity index (χ2n) is 4.93. The Morgan fingerprint density at radius 2 is 1.95 bits per heavy atom. The summed E-state index contributed by atoms with van der Waals surface area (Å²) in [6.45, 7) is 1.35. The number of benzene rings is 1. The van der Waals surface area contributed by atoms with Crippen molar-refractivity contribution in [1.29, 1.82) is 0 Å². The topological polar surface area (TPSA) is 47.9 Å². The highest BCUT2D eigenvalue weighted by atomic mass is 35.5. The third-order valence-electron chi connectivity index (χ3n) is 3.45. The second kappa shape index (κ2) is 6.18. The first-order valence-corrected chi connectivity index (χ1v) is 7.44. The van der Waals surface area contributed by atoms with Crippen LogP contribution in [0, 0.1) is 5.92 Å². The van der Waals surface area contributed by atoms with E-state index in [1.54, 1.807) is 24.3 Å². The second-order valence-corrected chi connectivity index (χ2v) is 5.74. The molecule has 1 saturated heterocycles. The van der Waals surface area contributed by atoms with E-state index < -0.39 is 5.97 Å². The first-order valence-electron chi connectivity index (χ1n) is 6.69. The van der Waals surface area contributed by atoms with Gasteiger partial charge in [0.15, 0.2) is 5.70 Å². The molecule has 0 amide bonds. The summed E-state index contributed by atoms with van der Waals surface area (Å²) < 4.78 is 10.6. The molecule has 2 aliphatic rings. The summed E-state index contributed by atoms with van der Waals surface area (Å²) >= 11 is 11.8. The van der Waals surface area contributed by atoms with Crippen LogP contribution in [0.1, 0.15) is 18.4 Å². The van der Waals surface area contributed by atoms with E-state index in [0.717, 1.165) is 18.4 Å². The lowest BCUT2D eigenvalue weighted by Crippen LogP contribution is -2.24. The number of hydrogen-bond acceptors (Lipinski definition) is 4. The number of cyclic esters (lactones) is 1. The average Bonchev–Trinajstić information content (AvgIpc) is 2.85. The zero-order chi connectivity index (χ0) is 14.8. The number of aliphatic imine (C=N–C) groups is 1. The van der Waals surface area contributed by atoms with E-state index in [-0.39, 0.29) is 11.6 Å². The molecule has 2 heterocycles. The van der Waals surface area contributed by atoms with Crippen molar-refractivity contribution in [2.24, 2.45) is 10.9 Å². The molecule has 0 N–H and O–H groups in total. The van der Waals surface area contributed by atoms with Crippen LogP contribution in [0.2, 0.25) is 10.0 Å². The fourth-order valence-corrected chi connectivity index (χ4v) is 2.61. The van der Waals surface area contributed by atoms with Gasteiger partial charge in [-0.15, -0.1) is 0 Å². The zero-order valence-electron chi connectivity index (χ0n) is 11.1. The van der Waals surface area contributed by atoms with Crippen LogP contribution in [0.25, 0.3) is 6.08 Å². The van der Waals surface area contributed by atoms with Gasteiger partial charge in [0.25, 0.3) is 0 Å². The Labute approximate surface area is 132 Å². The Morgan fingerprint density at radius 1 is 1.19 bits per heavy atom. The molecule has 0 aliphatic carbocycles. The standard InChI is InChI=1S/C15H13Cl2NO3/c16-11-2-1-9(7-12(11)17)8-13-15(19)21-14(18-13)10-3-5-20-6-4-10/h1-2,7-8,10H,3-6H2/b13-8+. The molecule has 0 unspecified atom stereocenters. The van der Waals surface area contributed by atoms with Crippen LogP contribution in [0.4, 0.5) is 0 Å². The molecular weight excluding hydrogens is 313 g/mol. The van der Waals surface area contributed by atoms with Gasteiger partial charge in [-0.05, 0) is 36.6 Å². The number of carbonyl (C=O) groups is 1. The number of esters is 1. The minimum Gasteiger partial charge on any atom is -0.406 e. The van der Waals surface area contributed by atoms with Gasteiger partial charge in [0.1, 0.15) is 0 Å². The summed E-state index contributed by atoms with van der Waals surface area (Å²) in [6.07, 6.45) is 3.30. The summed E-state index contributed by atoms with van der Waals surface area (Å²) in [5.41, 5.74) is 1.04. The third kappa shape index (κ3) is 3.28. The highest BCUT2D eigenvalue weighted by molar-refractivity contribution is 6.42. The summed E-state index contributed by atoms with van der Waals surface area (Å²) in [7, 11) is 0. The minimum atomic E-state index is -0.428. The summed E-state index contributed by atoms with van der Waals surface area (Å²) in [5, 5.41) is 0.908. The quantitative estimate of drug-likeness (QED) is 0.615. The number of rotatable bonds is 2. The molecule has 1 fully saturated rings. The van der Waals surface area contributed by atoms with E-state index in [1.165, 1.54) is 0 Å². The van der Waals surface area contributed by atoms with E-state index in [4.69, 9.17) is 32.7 Å². The Bertz CT molecular complexity index is 634. The Morgan fingerprint density at radius 3 is 2.67 bits per heavy atom. The first kappa shape index (κ1) is 14.6. The number of nitrogens with zero attached hydrogens (tertiary/aromatic N) is 1. The van der Waals surface area contributed by atoms with Crippen molar-refractivity contribution in [3.63, 3.8) is 0 Å². The van der Waals surface area contributed by atoms with Crippen LogP contribution in [0.5, 0.6) is 0 Å².